The predicted octanol–water partition coefficient (Wildman–Crippen LogP) is 1.36. The summed E-state index contributed by atoms with van der Waals surface area (Å²) in [6.45, 7) is 6.63. The Kier molecular flexibility index (Phi) is 13.6. The Morgan fingerprint density at radius 2 is 2.07 bits per heavy atom. The molecule has 8 atom stereocenters. The number of carboxylic acid groups (broad SMARTS) is 1. The standard InChI is InChI=1S/C30H56N6O5/c1-22-26(38)17-25(36-14-13-32-21-36)24(35-22)16-23(9-15-37)8-6-4-3-5-7-10-30(41,19-28(39)40)20-34-29(2)11-12-33-27(31)18-29/h13,15,22-27,33-35,38,41H,3-12,14,16-21,31H2,1-2H3,(H,39,40). The van der Waals surface area contributed by atoms with Crippen molar-refractivity contribution in [3.63, 3.8) is 0 Å². The van der Waals surface area contributed by atoms with Crippen LogP contribution in [0.5, 0.6) is 0 Å². The van der Waals surface area contributed by atoms with E-state index in [0.29, 0.717) is 25.4 Å². The average Bonchev–Trinajstić information content (AvgIpc) is 3.43. The van der Waals surface area contributed by atoms with Crippen molar-refractivity contribution in [1.29, 1.82) is 0 Å². The molecule has 11 nitrogen and oxygen atoms in total. The number of aliphatic hydroxyl groups excluding tert-OH is 1. The molecule has 0 saturated carbocycles. The summed E-state index contributed by atoms with van der Waals surface area (Å²) in [6.07, 6.45) is 12.2. The van der Waals surface area contributed by atoms with E-state index >= 15 is 0 Å². The van der Waals surface area contributed by atoms with E-state index in [-0.39, 0.29) is 48.9 Å². The number of nitrogens with two attached hydrogens (primary N) is 1. The third-order valence-corrected chi connectivity index (χ3v) is 9.53. The van der Waals surface area contributed by atoms with Crippen LogP contribution >= 0.6 is 0 Å². The fourth-order valence-electron chi connectivity index (χ4n) is 6.92. The van der Waals surface area contributed by atoms with E-state index in [0.717, 1.165) is 83.6 Å². The van der Waals surface area contributed by atoms with E-state index in [1.165, 1.54) is 0 Å². The molecule has 3 aliphatic heterocycles. The van der Waals surface area contributed by atoms with Gasteiger partial charge in [0, 0.05) is 49.4 Å². The van der Waals surface area contributed by atoms with E-state index in [4.69, 9.17) is 5.73 Å². The van der Waals surface area contributed by atoms with Gasteiger partial charge in [0.25, 0.3) is 0 Å². The summed E-state index contributed by atoms with van der Waals surface area (Å²) < 4.78 is 0. The van der Waals surface area contributed by atoms with Crippen molar-refractivity contribution in [3.8, 4) is 0 Å². The van der Waals surface area contributed by atoms with Crippen LogP contribution in [-0.2, 0) is 9.59 Å². The molecule has 2 fully saturated rings. The molecule has 0 aliphatic carbocycles. The molecule has 0 amide bonds. The van der Waals surface area contributed by atoms with E-state index in [9.17, 15) is 24.9 Å². The van der Waals surface area contributed by atoms with Gasteiger partial charge in [-0.1, -0.05) is 32.1 Å². The Morgan fingerprint density at radius 3 is 2.76 bits per heavy atom. The zero-order valence-electron chi connectivity index (χ0n) is 25.3. The first-order chi connectivity index (χ1) is 19.5. The zero-order valence-corrected chi connectivity index (χ0v) is 25.3. The van der Waals surface area contributed by atoms with Gasteiger partial charge >= 0.3 is 5.97 Å². The van der Waals surface area contributed by atoms with Gasteiger partial charge in [0.15, 0.2) is 0 Å². The third kappa shape index (κ3) is 11.3. The van der Waals surface area contributed by atoms with Crippen LogP contribution in [0.2, 0.25) is 0 Å². The number of β-amino-alcohol motifs (C(OH)–C–C–N with tert-alkyl or cyclic N) is 1. The molecule has 2 saturated heterocycles. The van der Waals surface area contributed by atoms with Crippen molar-refractivity contribution in [2.45, 2.75) is 139 Å². The first-order valence-corrected chi connectivity index (χ1v) is 15.8. The van der Waals surface area contributed by atoms with Gasteiger partial charge < -0.3 is 41.8 Å². The first-order valence-electron chi connectivity index (χ1n) is 15.8. The molecular formula is C30H56N6O5. The van der Waals surface area contributed by atoms with Gasteiger partial charge in [0.2, 0.25) is 0 Å². The number of aldehydes is 1. The zero-order chi connectivity index (χ0) is 29.9. The molecular weight excluding hydrogens is 524 g/mol. The molecule has 0 aromatic rings. The summed E-state index contributed by atoms with van der Waals surface area (Å²) in [4.78, 5) is 29.6. The second-order valence-corrected chi connectivity index (χ2v) is 13.2. The lowest BCUT2D eigenvalue weighted by atomic mass is 9.83. The minimum absolute atomic E-state index is 0.0340. The molecule has 3 rings (SSSR count). The summed E-state index contributed by atoms with van der Waals surface area (Å²) in [5.41, 5.74) is 4.55. The summed E-state index contributed by atoms with van der Waals surface area (Å²) in [7, 11) is 0. The second-order valence-electron chi connectivity index (χ2n) is 13.2. The van der Waals surface area contributed by atoms with E-state index in [1.54, 1.807) is 0 Å². The van der Waals surface area contributed by atoms with Crippen LogP contribution < -0.4 is 21.7 Å². The van der Waals surface area contributed by atoms with E-state index in [2.05, 4.69) is 32.8 Å². The molecule has 0 spiro atoms. The number of nitrogens with zero attached hydrogens (tertiary/aromatic N) is 2. The van der Waals surface area contributed by atoms with Gasteiger partial charge in [-0.15, -0.1) is 0 Å². The average molecular weight is 581 g/mol. The number of aliphatic carboxylic acids is 1. The summed E-state index contributed by atoms with van der Waals surface area (Å²) in [5, 5.41) is 41.3. The highest BCUT2D eigenvalue weighted by atomic mass is 16.4. The molecule has 11 heteroatoms. The number of aliphatic hydroxyl groups is 2. The molecule has 41 heavy (non-hydrogen) atoms. The maximum absolute atomic E-state index is 11.5. The Labute approximate surface area is 246 Å². The van der Waals surface area contributed by atoms with E-state index in [1.807, 2.05) is 13.1 Å². The van der Waals surface area contributed by atoms with Gasteiger partial charge in [-0.25, -0.2) is 0 Å². The highest BCUT2D eigenvalue weighted by Gasteiger charge is 2.38. The Morgan fingerprint density at radius 1 is 1.32 bits per heavy atom. The molecule has 0 bridgehead atoms. The number of carbonyl (C=O) groups is 2. The normalized spacial score (nSPS) is 33.0. The molecule has 8 N–H and O–H groups in total. The lowest BCUT2D eigenvalue weighted by Gasteiger charge is -2.44. The van der Waals surface area contributed by atoms with Gasteiger partial charge in [0.05, 0.1) is 31.0 Å². The van der Waals surface area contributed by atoms with Crippen LogP contribution in [0.3, 0.4) is 0 Å². The minimum Gasteiger partial charge on any atom is -0.481 e. The maximum atomic E-state index is 11.5. The first kappa shape index (κ1) is 34.0. The highest BCUT2D eigenvalue weighted by molar-refractivity contribution is 5.68. The maximum Gasteiger partial charge on any atom is 0.306 e. The molecule has 3 heterocycles. The molecule has 3 aliphatic rings. The third-order valence-electron chi connectivity index (χ3n) is 9.53. The fraction of sp³-hybridized carbons (Fsp3) is 0.900. The van der Waals surface area contributed by atoms with Crippen LogP contribution in [0.4, 0.5) is 0 Å². The number of unbranched alkanes of at least 4 members (excludes halogenated alkanes) is 4. The van der Waals surface area contributed by atoms with Crippen LogP contribution in [0.1, 0.15) is 97.3 Å². The number of carbonyl (C=O) groups excluding carboxylic acids is 1. The van der Waals surface area contributed by atoms with Gasteiger partial charge in [-0.3, -0.25) is 14.7 Å². The number of rotatable bonds is 18. The smallest absolute Gasteiger partial charge is 0.306 e. The van der Waals surface area contributed by atoms with Crippen molar-refractivity contribution in [2.24, 2.45) is 16.6 Å². The molecule has 0 aromatic heterocycles. The molecule has 0 radical (unpaired) electrons. The van der Waals surface area contributed by atoms with Crippen LogP contribution in [0.15, 0.2) is 4.99 Å². The predicted molar refractivity (Wildman–Crippen MR) is 161 cm³/mol. The number of nitrogens with one attached hydrogen (secondary N) is 3. The number of carboxylic acids is 1. The van der Waals surface area contributed by atoms with Crippen molar-refractivity contribution in [2.75, 3.05) is 26.3 Å². The SMILES string of the molecule is CC1NC(CC(CC=O)CCCCCCCC(O)(CNC2(C)CCNC(N)C2)CC(=O)O)C(N2CC=NC2)CC1O. The van der Waals surface area contributed by atoms with Gasteiger partial charge in [0.1, 0.15) is 6.29 Å². The number of piperidine rings is 2. The quantitative estimate of drug-likeness (QED) is 0.0927. The van der Waals surface area contributed by atoms with Crippen LogP contribution in [0, 0.1) is 5.92 Å². The summed E-state index contributed by atoms with van der Waals surface area (Å²) in [6, 6.07) is 0.473. The minimum atomic E-state index is -1.28. The largest absolute Gasteiger partial charge is 0.481 e. The van der Waals surface area contributed by atoms with Crippen molar-refractivity contribution >= 4 is 18.5 Å². The Balaban J connectivity index is 1.39. The fourth-order valence-corrected chi connectivity index (χ4v) is 6.92. The molecule has 236 valence electrons. The van der Waals surface area contributed by atoms with Crippen LogP contribution in [-0.4, -0.2) is 107 Å². The van der Waals surface area contributed by atoms with Crippen LogP contribution in [0.25, 0.3) is 0 Å². The number of aliphatic imine (C=N–C) groups is 1. The van der Waals surface area contributed by atoms with Crippen molar-refractivity contribution in [3.05, 3.63) is 0 Å². The second kappa shape index (κ2) is 16.4. The lowest BCUT2D eigenvalue weighted by Crippen LogP contribution is -2.61. The Bertz CT molecular complexity index is 840. The molecule has 0 aromatic carbocycles. The lowest BCUT2D eigenvalue weighted by molar-refractivity contribution is -0.143. The monoisotopic (exact) mass is 580 g/mol. The number of hydrogen-bond donors (Lipinski definition) is 7. The van der Waals surface area contributed by atoms with Crippen molar-refractivity contribution in [1.82, 2.24) is 20.9 Å². The summed E-state index contributed by atoms with van der Waals surface area (Å²) >= 11 is 0. The van der Waals surface area contributed by atoms with E-state index < -0.39 is 11.6 Å². The number of hydrogen-bond acceptors (Lipinski definition) is 10. The van der Waals surface area contributed by atoms with Gasteiger partial charge in [-0.05, 0) is 64.8 Å². The highest BCUT2D eigenvalue weighted by Crippen LogP contribution is 2.29. The van der Waals surface area contributed by atoms with Crippen molar-refractivity contribution < 1.29 is 24.9 Å². The summed E-state index contributed by atoms with van der Waals surface area (Å²) in [5.74, 6) is -0.687. The Hall–Kier alpha value is -1.47. The van der Waals surface area contributed by atoms with Gasteiger partial charge in [-0.2, -0.15) is 0 Å². The topological polar surface area (TPSA) is 173 Å². The molecule has 8 unspecified atom stereocenters.